The van der Waals surface area contributed by atoms with Gasteiger partial charge in [0, 0.05) is 25.2 Å². The molecule has 2 aromatic rings. The number of nitrogens with zero attached hydrogens (tertiary/aromatic N) is 7. The Morgan fingerprint density at radius 1 is 1.29 bits per heavy atom. The number of tetrazole rings is 1. The number of hydrogen-bond acceptors (Lipinski definition) is 9. The van der Waals surface area contributed by atoms with Crippen LogP contribution >= 0.6 is 0 Å². The number of amides is 1. The highest BCUT2D eigenvalue weighted by Crippen LogP contribution is 2.39. The number of fused-ring (bicyclic) bond motifs is 1. The highest BCUT2D eigenvalue weighted by molar-refractivity contribution is 5.95. The molecule has 1 amide bonds. The van der Waals surface area contributed by atoms with Crippen LogP contribution < -0.4 is 10.2 Å². The van der Waals surface area contributed by atoms with E-state index in [2.05, 4.69) is 31.0 Å². The standard InChI is InChI=1S/C17H22N8O3/c1-9-12(8-25-17(24(9)2)20-22-23-25)15(26)18-7-11-5-6-13(27-11)16-19-14(21-28-16)10-3-4-10/h10-11,13H,3-8H2,1-2H3,(H,18,26)/t11-,13+/m1/s1. The van der Waals surface area contributed by atoms with Gasteiger partial charge in [0.2, 0.25) is 5.95 Å². The predicted octanol–water partition coefficient (Wildman–Crippen LogP) is 0.694. The maximum absolute atomic E-state index is 12.7. The Kier molecular flexibility index (Phi) is 4.11. The van der Waals surface area contributed by atoms with Crippen molar-refractivity contribution < 1.29 is 14.1 Å². The average molecular weight is 386 g/mol. The second kappa shape index (κ2) is 6.66. The third kappa shape index (κ3) is 3.05. The molecule has 2 fully saturated rings. The van der Waals surface area contributed by atoms with E-state index in [1.54, 1.807) is 4.68 Å². The molecule has 0 bridgehead atoms. The summed E-state index contributed by atoms with van der Waals surface area (Å²) >= 11 is 0. The molecule has 0 unspecified atom stereocenters. The van der Waals surface area contributed by atoms with Crippen LogP contribution in [-0.2, 0) is 16.1 Å². The van der Waals surface area contributed by atoms with Gasteiger partial charge in [-0.25, -0.2) is 4.68 Å². The van der Waals surface area contributed by atoms with Crippen LogP contribution in [0.1, 0.15) is 56.3 Å². The lowest BCUT2D eigenvalue weighted by atomic mass is 10.1. The third-order valence-corrected chi connectivity index (χ3v) is 5.61. The van der Waals surface area contributed by atoms with Gasteiger partial charge in [-0.3, -0.25) is 4.79 Å². The van der Waals surface area contributed by atoms with E-state index in [-0.39, 0.29) is 18.1 Å². The normalized spacial score (nSPS) is 24.6. The monoisotopic (exact) mass is 386 g/mol. The van der Waals surface area contributed by atoms with Gasteiger partial charge >= 0.3 is 0 Å². The minimum atomic E-state index is -0.188. The first-order valence-electron chi connectivity index (χ1n) is 9.57. The smallest absolute Gasteiger partial charge is 0.255 e. The Balaban J connectivity index is 1.17. The summed E-state index contributed by atoms with van der Waals surface area (Å²) in [6.45, 7) is 2.68. The molecular weight excluding hydrogens is 364 g/mol. The number of anilines is 1. The van der Waals surface area contributed by atoms with Crippen molar-refractivity contribution in [3.63, 3.8) is 0 Å². The average Bonchev–Trinajstić information content (AvgIpc) is 3.12. The maximum Gasteiger partial charge on any atom is 0.255 e. The van der Waals surface area contributed by atoms with Gasteiger partial charge in [-0.1, -0.05) is 10.3 Å². The van der Waals surface area contributed by atoms with Crippen LogP contribution in [0, 0.1) is 0 Å². The Labute approximate surface area is 161 Å². The van der Waals surface area contributed by atoms with Gasteiger partial charge in [0.25, 0.3) is 11.8 Å². The molecule has 1 saturated carbocycles. The van der Waals surface area contributed by atoms with Crippen LogP contribution in [0.2, 0.25) is 0 Å². The molecule has 11 nitrogen and oxygen atoms in total. The fourth-order valence-electron chi connectivity index (χ4n) is 3.63. The molecule has 0 aromatic carbocycles. The Bertz CT molecular complexity index is 930. The molecule has 2 aliphatic heterocycles. The zero-order valence-electron chi connectivity index (χ0n) is 15.8. The van der Waals surface area contributed by atoms with E-state index in [1.165, 1.54) is 0 Å². The first-order valence-corrected chi connectivity index (χ1v) is 9.57. The van der Waals surface area contributed by atoms with Gasteiger partial charge in [-0.05, 0) is 43.0 Å². The van der Waals surface area contributed by atoms with Crippen molar-refractivity contribution in [1.29, 1.82) is 0 Å². The Morgan fingerprint density at radius 3 is 2.96 bits per heavy atom. The molecule has 11 heteroatoms. The van der Waals surface area contributed by atoms with Gasteiger partial charge in [0.1, 0.15) is 6.10 Å². The number of hydrogen-bond donors (Lipinski definition) is 1. The van der Waals surface area contributed by atoms with E-state index in [9.17, 15) is 4.79 Å². The summed E-state index contributed by atoms with van der Waals surface area (Å²) in [4.78, 5) is 19.0. The van der Waals surface area contributed by atoms with Crippen LogP contribution in [0.5, 0.6) is 0 Å². The largest absolute Gasteiger partial charge is 0.363 e. The SMILES string of the molecule is CC1=C(C(=O)NC[C@H]2CC[C@@H](c3nc(C4CC4)no3)O2)Cn2nnnc2N1C. The highest BCUT2D eigenvalue weighted by atomic mass is 16.5. The van der Waals surface area contributed by atoms with Crippen LogP contribution in [-0.4, -0.2) is 56.0 Å². The van der Waals surface area contributed by atoms with Crippen molar-refractivity contribution >= 4 is 11.9 Å². The molecule has 4 heterocycles. The van der Waals surface area contributed by atoms with Crippen molar-refractivity contribution in [3.05, 3.63) is 23.0 Å². The summed E-state index contributed by atoms with van der Waals surface area (Å²) in [5.41, 5.74) is 1.48. The number of aromatic nitrogens is 6. The zero-order chi connectivity index (χ0) is 19.3. The zero-order valence-corrected chi connectivity index (χ0v) is 15.8. The molecule has 1 aliphatic carbocycles. The lowest BCUT2D eigenvalue weighted by Gasteiger charge is -2.26. The summed E-state index contributed by atoms with van der Waals surface area (Å²) in [7, 11) is 1.84. The third-order valence-electron chi connectivity index (χ3n) is 5.61. The highest BCUT2D eigenvalue weighted by Gasteiger charge is 2.34. The molecule has 2 aromatic heterocycles. The number of ether oxygens (including phenoxy) is 1. The molecule has 1 saturated heterocycles. The molecule has 3 aliphatic rings. The number of nitrogens with one attached hydrogen (secondary N) is 1. The lowest BCUT2D eigenvalue weighted by Crippen LogP contribution is -2.38. The van der Waals surface area contributed by atoms with E-state index in [4.69, 9.17) is 9.26 Å². The fraction of sp³-hybridized carbons (Fsp3) is 0.647. The molecule has 148 valence electrons. The number of rotatable bonds is 5. The summed E-state index contributed by atoms with van der Waals surface area (Å²) in [6, 6.07) is 0. The van der Waals surface area contributed by atoms with Gasteiger partial charge < -0.3 is 19.5 Å². The summed E-state index contributed by atoms with van der Waals surface area (Å²) in [5.74, 6) is 2.29. The molecule has 28 heavy (non-hydrogen) atoms. The van der Waals surface area contributed by atoms with Crippen molar-refractivity contribution in [2.45, 2.75) is 57.3 Å². The van der Waals surface area contributed by atoms with E-state index in [1.807, 2.05) is 18.9 Å². The van der Waals surface area contributed by atoms with Crippen molar-refractivity contribution in [2.24, 2.45) is 0 Å². The second-order valence-electron chi connectivity index (χ2n) is 7.56. The molecular formula is C17H22N8O3. The minimum Gasteiger partial charge on any atom is -0.363 e. The van der Waals surface area contributed by atoms with Crippen molar-refractivity contribution in [1.82, 2.24) is 35.7 Å². The summed E-state index contributed by atoms with van der Waals surface area (Å²) < 4.78 is 13.0. The molecule has 2 atom stereocenters. The van der Waals surface area contributed by atoms with Crippen LogP contribution in [0.3, 0.4) is 0 Å². The van der Waals surface area contributed by atoms with Crippen LogP contribution in [0.15, 0.2) is 15.8 Å². The van der Waals surface area contributed by atoms with E-state index >= 15 is 0 Å². The second-order valence-corrected chi connectivity index (χ2v) is 7.56. The van der Waals surface area contributed by atoms with Gasteiger partial charge in [-0.2, -0.15) is 4.98 Å². The molecule has 0 spiro atoms. The van der Waals surface area contributed by atoms with Gasteiger partial charge in [0.15, 0.2) is 5.82 Å². The van der Waals surface area contributed by atoms with E-state index in [0.29, 0.717) is 36.4 Å². The molecule has 5 rings (SSSR count). The predicted molar refractivity (Wildman–Crippen MR) is 95.1 cm³/mol. The number of carbonyl (C=O) groups excluding carboxylic acids is 1. The van der Waals surface area contributed by atoms with Crippen LogP contribution in [0.4, 0.5) is 5.95 Å². The van der Waals surface area contributed by atoms with E-state index < -0.39 is 0 Å². The Morgan fingerprint density at radius 2 is 2.14 bits per heavy atom. The van der Waals surface area contributed by atoms with Crippen molar-refractivity contribution in [3.8, 4) is 0 Å². The number of allylic oxidation sites excluding steroid dienone is 1. The summed E-state index contributed by atoms with van der Waals surface area (Å²) in [6.07, 6.45) is 3.65. The number of carbonyl (C=O) groups is 1. The van der Waals surface area contributed by atoms with Gasteiger partial charge in [0.05, 0.1) is 18.2 Å². The summed E-state index contributed by atoms with van der Waals surface area (Å²) in [5, 5.41) is 18.6. The fourth-order valence-corrected chi connectivity index (χ4v) is 3.63. The minimum absolute atomic E-state index is 0.0731. The molecule has 0 radical (unpaired) electrons. The van der Waals surface area contributed by atoms with Crippen LogP contribution in [0.25, 0.3) is 0 Å². The maximum atomic E-state index is 12.7. The topological polar surface area (TPSA) is 124 Å². The first kappa shape index (κ1) is 17.3. The molecule has 1 N–H and O–H groups in total. The van der Waals surface area contributed by atoms with Gasteiger partial charge in [-0.15, -0.1) is 0 Å². The first-order chi connectivity index (χ1) is 13.6. The Hall–Kier alpha value is -2.82. The van der Waals surface area contributed by atoms with Crippen molar-refractivity contribution in [2.75, 3.05) is 18.5 Å². The quantitative estimate of drug-likeness (QED) is 0.790. The lowest BCUT2D eigenvalue weighted by molar-refractivity contribution is -0.118. The van der Waals surface area contributed by atoms with E-state index in [0.717, 1.165) is 37.2 Å².